The molecule has 24 heavy (non-hydrogen) atoms. The van der Waals surface area contributed by atoms with Crippen LogP contribution in [0.15, 0.2) is 45.3 Å². The van der Waals surface area contributed by atoms with Crippen molar-refractivity contribution in [3.05, 3.63) is 58.0 Å². The van der Waals surface area contributed by atoms with Gasteiger partial charge in [0.05, 0.1) is 13.1 Å². The predicted octanol–water partition coefficient (Wildman–Crippen LogP) is 3.97. The molecule has 1 amide bonds. The molecular weight excluding hydrogens is 368 g/mol. The minimum atomic E-state index is 0.172. The van der Waals surface area contributed by atoms with Crippen LogP contribution >= 0.6 is 15.9 Å². The fraction of sp³-hybridized carbons (Fsp3) is 0.421. The Bertz CT molecular complexity index is 692. The Kier molecular flexibility index (Phi) is 5.41. The number of carbonyl (C=O) groups excluding carboxylic acids is 1. The Balaban J connectivity index is 1.57. The summed E-state index contributed by atoms with van der Waals surface area (Å²) in [5.74, 6) is 1.93. The molecule has 1 aliphatic carbocycles. The van der Waals surface area contributed by atoms with Gasteiger partial charge < -0.3 is 9.32 Å². The van der Waals surface area contributed by atoms with Gasteiger partial charge in [0.25, 0.3) is 0 Å². The summed E-state index contributed by atoms with van der Waals surface area (Å²) in [6, 6.07) is 12.5. The minimum absolute atomic E-state index is 0.172. The zero-order valence-corrected chi connectivity index (χ0v) is 15.8. The lowest BCUT2D eigenvalue weighted by atomic mass is 10.2. The number of halogens is 1. The molecule has 0 spiro atoms. The predicted molar refractivity (Wildman–Crippen MR) is 97.5 cm³/mol. The topological polar surface area (TPSA) is 36.7 Å². The normalized spacial score (nSPS) is 14.2. The highest BCUT2D eigenvalue weighted by Gasteiger charge is 2.33. The fourth-order valence-electron chi connectivity index (χ4n) is 2.82. The molecule has 1 saturated carbocycles. The number of amides is 1. The molecule has 2 aromatic rings. The SMILES string of the molecule is Cc1ccc(CN(C(=O)CN(C)Cc2ccc(Br)cc2)C2CC2)o1. The number of benzene rings is 1. The summed E-state index contributed by atoms with van der Waals surface area (Å²) in [5.41, 5.74) is 1.20. The Labute approximate surface area is 151 Å². The second-order valence-corrected chi connectivity index (χ2v) is 7.48. The van der Waals surface area contributed by atoms with Crippen molar-refractivity contribution in [3.8, 4) is 0 Å². The summed E-state index contributed by atoms with van der Waals surface area (Å²) in [7, 11) is 1.99. The maximum absolute atomic E-state index is 12.7. The Morgan fingerprint density at radius 3 is 2.46 bits per heavy atom. The Morgan fingerprint density at radius 1 is 1.17 bits per heavy atom. The second-order valence-electron chi connectivity index (χ2n) is 6.56. The van der Waals surface area contributed by atoms with Gasteiger partial charge in [0.1, 0.15) is 11.5 Å². The number of hydrogen-bond acceptors (Lipinski definition) is 3. The number of furan rings is 1. The summed E-state index contributed by atoms with van der Waals surface area (Å²) in [4.78, 5) is 16.8. The third-order valence-electron chi connectivity index (χ3n) is 4.20. The minimum Gasteiger partial charge on any atom is -0.464 e. The van der Waals surface area contributed by atoms with Crippen molar-refractivity contribution in [2.45, 2.75) is 38.9 Å². The molecular formula is C19H23BrN2O2. The van der Waals surface area contributed by atoms with Crippen LogP contribution in [0.2, 0.25) is 0 Å². The van der Waals surface area contributed by atoms with Crippen LogP contribution in [0.1, 0.15) is 29.9 Å². The molecule has 1 aromatic carbocycles. The molecule has 0 unspecified atom stereocenters. The maximum atomic E-state index is 12.7. The molecule has 1 fully saturated rings. The van der Waals surface area contributed by atoms with E-state index < -0.39 is 0 Å². The Hall–Kier alpha value is -1.59. The average molecular weight is 391 g/mol. The van der Waals surface area contributed by atoms with Crippen molar-refractivity contribution in [3.63, 3.8) is 0 Å². The summed E-state index contributed by atoms with van der Waals surface area (Å²) < 4.78 is 6.71. The Morgan fingerprint density at radius 2 is 1.88 bits per heavy atom. The first-order valence-corrected chi connectivity index (χ1v) is 9.08. The molecule has 0 N–H and O–H groups in total. The van der Waals surface area contributed by atoms with Gasteiger partial charge in [0.2, 0.25) is 5.91 Å². The smallest absolute Gasteiger partial charge is 0.237 e. The van der Waals surface area contributed by atoms with E-state index in [0.29, 0.717) is 19.1 Å². The van der Waals surface area contributed by atoms with E-state index in [1.165, 1.54) is 5.56 Å². The summed E-state index contributed by atoms with van der Waals surface area (Å²) in [5, 5.41) is 0. The van der Waals surface area contributed by atoms with Crippen molar-refractivity contribution >= 4 is 21.8 Å². The van der Waals surface area contributed by atoms with Crippen LogP contribution in [0.5, 0.6) is 0 Å². The highest BCUT2D eigenvalue weighted by atomic mass is 79.9. The largest absolute Gasteiger partial charge is 0.464 e. The summed E-state index contributed by atoms with van der Waals surface area (Å²) in [6.45, 7) is 3.69. The molecule has 4 nitrogen and oxygen atoms in total. The lowest BCUT2D eigenvalue weighted by Gasteiger charge is -2.25. The highest BCUT2D eigenvalue weighted by molar-refractivity contribution is 9.10. The van der Waals surface area contributed by atoms with Crippen LogP contribution in [0, 0.1) is 6.92 Å². The number of likely N-dealkylation sites (N-methyl/N-ethyl adjacent to an activating group) is 1. The van der Waals surface area contributed by atoms with Crippen LogP contribution in [-0.2, 0) is 17.9 Å². The molecule has 1 aromatic heterocycles. The molecule has 0 radical (unpaired) electrons. The lowest BCUT2D eigenvalue weighted by molar-refractivity contribution is -0.133. The first kappa shape index (κ1) is 17.2. The van der Waals surface area contributed by atoms with Crippen LogP contribution in [0.3, 0.4) is 0 Å². The van der Waals surface area contributed by atoms with Crippen LogP contribution in [0.25, 0.3) is 0 Å². The lowest BCUT2D eigenvalue weighted by Crippen LogP contribution is -2.39. The van der Waals surface area contributed by atoms with E-state index >= 15 is 0 Å². The van der Waals surface area contributed by atoms with Gasteiger partial charge in [-0.15, -0.1) is 0 Å². The molecule has 5 heteroatoms. The van der Waals surface area contributed by atoms with Gasteiger partial charge in [-0.05, 0) is 56.6 Å². The number of nitrogens with zero attached hydrogens (tertiary/aromatic N) is 2. The van der Waals surface area contributed by atoms with Crippen LogP contribution in [-0.4, -0.2) is 35.3 Å². The van der Waals surface area contributed by atoms with Gasteiger partial charge in [-0.2, -0.15) is 0 Å². The molecule has 1 aliphatic rings. The fourth-order valence-corrected chi connectivity index (χ4v) is 3.09. The van der Waals surface area contributed by atoms with Crippen LogP contribution < -0.4 is 0 Å². The number of aryl methyl sites for hydroxylation is 1. The van der Waals surface area contributed by atoms with Crippen molar-refractivity contribution in [1.82, 2.24) is 9.80 Å². The standard InChI is InChI=1S/C19H23BrN2O2/c1-14-3-10-18(24-14)12-22(17-8-9-17)19(23)13-21(2)11-15-4-6-16(20)7-5-15/h3-7,10,17H,8-9,11-13H2,1-2H3. The van der Waals surface area contributed by atoms with Crippen LogP contribution in [0.4, 0.5) is 0 Å². The molecule has 0 atom stereocenters. The van der Waals surface area contributed by atoms with E-state index in [9.17, 15) is 4.79 Å². The number of carbonyl (C=O) groups is 1. The molecule has 0 aliphatic heterocycles. The zero-order chi connectivity index (χ0) is 17.1. The van der Waals surface area contributed by atoms with E-state index in [2.05, 4.69) is 33.0 Å². The van der Waals surface area contributed by atoms with E-state index in [4.69, 9.17) is 4.42 Å². The van der Waals surface area contributed by atoms with Crippen molar-refractivity contribution < 1.29 is 9.21 Å². The second kappa shape index (κ2) is 7.53. The van der Waals surface area contributed by atoms with Gasteiger partial charge in [-0.3, -0.25) is 9.69 Å². The highest BCUT2D eigenvalue weighted by Crippen LogP contribution is 2.29. The first-order chi connectivity index (χ1) is 11.5. The molecule has 0 bridgehead atoms. The van der Waals surface area contributed by atoms with Crippen molar-refractivity contribution in [1.29, 1.82) is 0 Å². The monoisotopic (exact) mass is 390 g/mol. The van der Waals surface area contributed by atoms with Gasteiger partial charge >= 0.3 is 0 Å². The van der Waals surface area contributed by atoms with E-state index in [0.717, 1.165) is 35.4 Å². The quantitative estimate of drug-likeness (QED) is 0.717. The van der Waals surface area contributed by atoms with Gasteiger partial charge in [0.15, 0.2) is 0 Å². The molecule has 128 valence electrons. The van der Waals surface area contributed by atoms with Gasteiger partial charge in [-0.25, -0.2) is 0 Å². The van der Waals surface area contributed by atoms with E-state index in [1.807, 2.05) is 43.1 Å². The number of rotatable bonds is 7. The summed E-state index contributed by atoms with van der Waals surface area (Å²) >= 11 is 3.44. The average Bonchev–Trinajstić information content (AvgIpc) is 3.29. The number of hydrogen-bond donors (Lipinski definition) is 0. The molecule has 1 heterocycles. The zero-order valence-electron chi connectivity index (χ0n) is 14.2. The van der Waals surface area contributed by atoms with Crippen molar-refractivity contribution in [2.24, 2.45) is 0 Å². The molecule has 3 rings (SSSR count). The molecule has 0 saturated heterocycles. The third-order valence-corrected chi connectivity index (χ3v) is 4.73. The van der Waals surface area contributed by atoms with Gasteiger partial charge in [0, 0.05) is 17.1 Å². The van der Waals surface area contributed by atoms with E-state index in [1.54, 1.807) is 0 Å². The van der Waals surface area contributed by atoms with Gasteiger partial charge in [-0.1, -0.05) is 28.1 Å². The maximum Gasteiger partial charge on any atom is 0.237 e. The first-order valence-electron chi connectivity index (χ1n) is 8.29. The van der Waals surface area contributed by atoms with E-state index in [-0.39, 0.29) is 5.91 Å². The summed E-state index contributed by atoms with van der Waals surface area (Å²) in [6.07, 6.45) is 2.20. The van der Waals surface area contributed by atoms with Crippen molar-refractivity contribution in [2.75, 3.05) is 13.6 Å². The third kappa shape index (κ3) is 4.71.